The quantitative estimate of drug-likeness (QED) is 0.574. The predicted molar refractivity (Wildman–Crippen MR) is 48.6 cm³/mol. The van der Waals surface area contributed by atoms with Gasteiger partial charge in [-0.3, -0.25) is 0 Å². The largest absolute Gasteiger partial charge is 0.396 e. The smallest absolute Gasteiger partial charge is 0.0443 e. The molecule has 0 fully saturated rings. The van der Waals surface area contributed by atoms with Gasteiger partial charge in [0.15, 0.2) is 0 Å². The summed E-state index contributed by atoms with van der Waals surface area (Å²) >= 11 is 0. The molecule has 0 saturated carbocycles. The van der Waals surface area contributed by atoms with Crippen molar-refractivity contribution in [2.45, 2.75) is 39.7 Å². The minimum absolute atomic E-state index is 0.292. The zero-order valence-corrected chi connectivity index (χ0v) is 7.93. The fourth-order valence-corrected chi connectivity index (χ4v) is 0.964. The van der Waals surface area contributed by atoms with Crippen LogP contribution in [-0.2, 0) is 0 Å². The van der Waals surface area contributed by atoms with Crippen molar-refractivity contribution in [3.63, 3.8) is 0 Å². The Kier molecular flexibility index (Phi) is 6.57. The normalized spacial score (nSPS) is 16.4. The van der Waals surface area contributed by atoms with Gasteiger partial charge in [-0.15, -0.1) is 0 Å². The van der Waals surface area contributed by atoms with Gasteiger partial charge in [0.05, 0.1) is 0 Å². The van der Waals surface area contributed by atoms with Crippen LogP contribution in [0, 0.1) is 5.92 Å². The minimum atomic E-state index is 0.292. The Bertz CT molecular complexity index is 85.6. The van der Waals surface area contributed by atoms with Gasteiger partial charge in [0.1, 0.15) is 0 Å². The summed E-state index contributed by atoms with van der Waals surface area (Å²) in [6.07, 6.45) is 2.08. The molecule has 0 radical (unpaired) electrons. The summed E-state index contributed by atoms with van der Waals surface area (Å²) in [4.78, 5) is 0. The summed E-state index contributed by atoms with van der Waals surface area (Å²) in [6.45, 7) is 7.87. The van der Waals surface area contributed by atoms with Gasteiger partial charge in [-0.1, -0.05) is 20.3 Å². The first-order valence-corrected chi connectivity index (χ1v) is 4.56. The first-order valence-electron chi connectivity index (χ1n) is 4.56. The second-order valence-electron chi connectivity index (χ2n) is 3.21. The Morgan fingerprint density at radius 1 is 1.36 bits per heavy atom. The van der Waals surface area contributed by atoms with E-state index in [0.717, 1.165) is 18.9 Å². The Labute approximate surface area is 70.0 Å². The van der Waals surface area contributed by atoms with Gasteiger partial charge in [-0.25, -0.2) is 0 Å². The van der Waals surface area contributed by atoms with Gasteiger partial charge in [-0.2, -0.15) is 0 Å². The Morgan fingerprint density at radius 2 is 2.00 bits per heavy atom. The van der Waals surface area contributed by atoms with E-state index in [0.29, 0.717) is 12.6 Å². The molecule has 2 heteroatoms. The lowest BCUT2D eigenvalue weighted by atomic mass is 10.0. The van der Waals surface area contributed by atoms with Crippen LogP contribution in [0.1, 0.15) is 33.6 Å². The molecule has 0 amide bonds. The maximum Gasteiger partial charge on any atom is 0.0443 e. The van der Waals surface area contributed by atoms with E-state index < -0.39 is 0 Å². The Balaban J connectivity index is 3.28. The van der Waals surface area contributed by atoms with Crippen molar-refractivity contribution in [1.82, 2.24) is 5.32 Å². The number of rotatable bonds is 6. The molecule has 0 aliphatic carbocycles. The summed E-state index contributed by atoms with van der Waals surface area (Å²) in [6, 6.07) is 0.576. The number of aliphatic hydroxyl groups excluding tert-OH is 1. The first-order chi connectivity index (χ1) is 5.22. The molecule has 0 aromatic carbocycles. The van der Waals surface area contributed by atoms with Crippen LogP contribution in [0.25, 0.3) is 0 Å². The first kappa shape index (κ1) is 10.9. The summed E-state index contributed by atoms with van der Waals surface area (Å²) < 4.78 is 0. The Morgan fingerprint density at radius 3 is 2.45 bits per heavy atom. The molecule has 0 aliphatic heterocycles. The summed E-state index contributed by atoms with van der Waals surface area (Å²) in [7, 11) is 0. The molecule has 0 spiro atoms. The van der Waals surface area contributed by atoms with Crippen molar-refractivity contribution in [3.8, 4) is 0 Å². The van der Waals surface area contributed by atoms with Crippen LogP contribution in [0.3, 0.4) is 0 Å². The van der Waals surface area contributed by atoms with E-state index in [2.05, 4.69) is 26.1 Å². The highest BCUT2D eigenvalue weighted by Gasteiger charge is 2.07. The van der Waals surface area contributed by atoms with Crippen molar-refractivity contribution < 1.29 is 5.11 Å². The van der Waals surface area contributed by atoms with Crippen LogP contribution < -0.4 is 5.32 Å². The van der Waals surface area contributed by atoms with Crippen LogP contribution in [0.5, 0.6) is 0 Å². The minimum Gasteiger partial charge on any atom is -0.396 e. The fourth-order valence-electron chi connectivity index (χ4n) is 0.964. The molecule has 0 heterocycles. The second-order valence-corrected chi connectivity index (χ2v) is 3.21. The number of nitrogens with one attached hydrogen (secondary N) is 1. The standard InChI is InChI=1S/C9H21NO/c1-4-8(2)9(3)10-6-5-7-11/h8-11H,4-7H2,1-3H3. The van der Waals surface area contributed by atoms with E-state index in [-0.39, 0.29) is 0 Å². The molecular formula is C9H21NO. The van der Waals surface area contributed by atoms with Gasteiger partial charge in [0.2, 0.25) is 0 Å². The fraction of sp³-hybridized carbons (Fsp3) is 1.00. The zero-order chi connectivity index (χ0) is 8.69. The second kappa shape index (κ2) is 6.62. The number of hydrogen-bond donors (Lipinski definition) is 2. The van der Waals surface area contributed by atoms with Gasteiger partial charge in [0, 0.05) is 12.6 Å². The molecule has 2 unspecified atom stereocenters. The van der Waals surface area contributed by atoms with Crippen LogP contribution in [0.15, 0.2) is 0 Å². The van der Waals surface area contributed by atoms with E-state index in [1.54, 1.807) is 0 Å². The highest BCUT2D eigenvalue weighted by atomic mass is 16.3. The zero-order valence-electron chi connectivity index (χ0n) is 7.93. The lowest BCUT2D eigenvalue weighted by Crippen LogP contribution is -2.32. The number of hydrogen-bond acceptors (Lipinski definition) is 2. The van der Waals surface area contributed by atoms with Crippen LogP contribution in [0.4, 0.5) is 0 Å². The lowest BCUT2D eigenvalue weighted by molar-refractivity contribution is 0.278. The molecule has 2 nitrogen and oxygen atoms in total. The molecule has 68 valence electrons. The van der Waals surface area contributed by atoms with E-state index in [1.165, 1.54) is 6.42 Å². The average Bonchev–Trinajstić information content (AvgIpc) is 2.03. The van der Waals surface area contributed by atoms with Gasteiger partial charge in [0.25, 0.3) is 0 Å². The van der Waals surface area contributed by atoms with Crippen LogP contribution in [-0.4, -0.2) is 24.3 Å². The van der Waals surface area contributed by atoms with Crippen molar-refractivity contribution in [1.29, 1.82) is 0 Å². The number of aliphatic hydroxyl groups is 1. The molecule has 0 aromatic heterocycles. The maximum atomic E-state index is 8.53. The lowest BCUT2D eigenvalue weighted by Gasteiger charge is -2.19. The topological polar surface area (TPSA) is 32.3 Å². The molecule has 11 heavy (non-hydrogen) atoms. The molecule has 0 aliphatic rings. The van der Waals surface area contributed by atoms with Crippen molar-refractivity contribution >= 4 is 0 Å². The molecule has 0 aromatic rings. The maximum absolute atomic E-state index is 8.53. The van der Waals surface area contributed by atoms with Gasteiger partial charge >= 0.3 is 0 Å². The highest BCUT2D eigenvalue weighted by Crippen LogP contribution is 2.05. The van der Waals surface area contributed by atoms with E-state index in [4.69, 9.17) is 5.11 Å². The van der Waals surface area contributed by atoms with Crippen molar-refractivity contribution in [3.05, 3.63) is 0 Å². The van der Waals surface area contributed by atoms with Crippen molar-refractivity contribution in [2.24, 2.45) is 5.92 Å². The third kappa shape index (κ3) is 5.22. The molecular weight excluding hydrogens is 138 g/mol. The predicted octanol–water partition coefficient (Wildman–Crippen LogP) is 1.39. The van der Waals surface area contributed by atoms with Gasteiger partial charge in [-0.05, 0) is 25.8 Å². The molecule has 2 N–H and O–H groups in total. The third-order valence-corrected chi connectivity index (χ3v) is 2.30. The van der Waals surface area contributed by atoms with E-state index >= 15 is 0 Å². The third-order valence-electron chi connectivity index (χ3n) is 2.30. The highest BCUT2D eigenvalue weighted by molar-refractivity contribution is 4.66. The van der Waals surface area contributed by atoms with E-state index in [9.17, 15) is 0 Å². The summed E-state index contributed by atoms with van der Waals surface area (Å²) in [5.74, 6) is 0.730. The van der Waals surface area contributed by atoms with Crippen molar-refractivity contribution in [2.75, 3.05) is 13.2 Å². The molecule has 2 atom stereocenters. The van der Waals surface area contributed by atoms with E-state index in [1.807, 2.05) is 0 Å². The molecule has 0 rings (SSSR count). The Hall–Kier alpha value is -0.0800. The SMILES string of the molecule is CCC(C)C(C)NCCCO. The van der Waals surface area contributed by atoms with Gasteiger partial charge < -0.3 is 10.4 Å². The average molecular weight is 159 g/mol. The monoisotopic (exact) mass is 159 g/mol. The molecule has 0 saturated heterocycles. The molecule has 0 bridgehead atoms. The van der Waals surface area contributed by atoms with Crippen LogP contribution >= 0.6 is 0 Å². The van der Waals surface area contributed by atoms with Crippen LogP contribution in [0.2, 0.25) is 0 Å². The summed E-state index contributed by atoms with van der Waals surface area (Å²) in [5, 5.41) is 11.9. The summed E-state index contributed by atoms with van der Waals surface area (Å²) in [5.41, 5.74) is 0.